The Morgan fingerprint density at radius 2 is 2.36 bits per heavy atom. The Hall–Kier alpha value is -1.09. The van der Waals surface area contributed by atoms with Gasteiger partial charge in [-0.2, -0.15) is 0 Å². The fourth-order valence-corrected chi connectivity index (χ4v) is 1.82. The minimum absolute atomic E-state index is 0.200. The molecule has 0 aliphatic heterocycles. The summed E-state index contributed by atoms with van der Waals surface area (Å²) in [6, 6.07) is 4.57. The van der Waals surface area contributed by atoms with Crippen LogP contribution in [0.25, 0.3) is 0 Å². The zero-order valence-electron chi connectivity index (χ0n) is 8.03. The van der Waals surface area contributed by atoms with Crippen LogP contribution in [-0.2, 0) is 0 Å². The van der Waals surface area contributed by atoms with Gasteiger partial charge in [-0.1, -0.05) is 6.07 Å². The topological polar surface area (TPSA) is 29.5 Å². The van der Waals surface area contributed by atoms with Crippen LogP contribution in [0.4, 0.5) is 4.39 Å². The molecule has 0 aromatic heterocycles. The van der Waals surface area contributed by atoms with E-state index in [1.165, 1.54) is 19.2 Å². The van der Waals surface area contributed by atoms with Gasteiger partial charge in [0.2, 0.25) is 0 Å². The molecular weight excluding hydrogens is 183 g/mol. The van der Waals surface area contributed by atoms with Gasteiger partial charge in [0.1, 0.15) is 11.6 Å². The predicted octanol–water partition coefficient (Wildman–Crippen LogP) is 1.93. The molecule has 1 fully saturated rings. The second-order valence-corrected chi connectivity index (χ2v) is 3.67. The number of methoxy groups -OCH3 is 1. The SMILES string of the molecule is COc1cc(F)ccc1[C@H]1C[C@@H]1CO. The molecule has 14 heavy (non-hydrogen) atoms. The maximum atomic E-state index is 12.9. The van der Waals surface area contributed by atoms with Crippen LogP contribution in [0.3, 0.4) is 0 Å². The number of aliphatic hydroxyl groups is 1. The molecule has 0 heterocycles. The van der Waals surface area contributed by atoms with Gasteiger partial charge in [-0.05, 0) is 29.9 Å². The molecule has 0 saturated heterocycles. The molecule has 0 radical (unpaired) electrons. The molecule has 1 aromatic carbocycles. The largest absolute Gasteiger partial charge is 0.496 e. The number of hydrogen-bond acceptors (Lipinski definition) is 2. The van der Waals surface area contributed by atoms with Crippen molar-refractivity contribution >= 4 is 0 Å². The molecule has 0 amide bonds. The molecule has 2 rings (SSSR count). The fraction of sp³-hybridized carbons (Fsp3) is 0.455. The molecule has 1 saturated carbocycles. The Labute approximate surface area is 82.3 Å². The number of ether oxygens (including phenoxy) is 1. The third-order valence-corrected chi connectivity index (χ3v) is 2.75. The standard InChI is InChI=1S/C11H13FO2/c1-14-11-5-8(12)2-3-9(11)10-4-7(10)6-13/h2-3,5,7,10,13H,4,6H2,1H3/t7-,10+/m1/s1. The van der Waals surface area contributed by atoms with E-state index >= 15 is 0 Å². The summed E-state index contributed by atoms with van der Waals surface area (Å²) in [5, 5.41) is 8.94. The van der Waals surface area contributed by atoms with Crippen LogP contribution in [0.5, 0.6) is 5.75 Å². The van der Waals surface area contributed by atoms with Crippen LogP contribution >= 0.6 is 0 Å². The fourth-order valence-electron chi connectivity index (χ4n) is 1.82. The van der Waals surface area contributed by atoms with Crippen molar-refractivity contribution in [2.45, 2.75) is 12.3 Å². The van der Waals surface area contributed by atoms with Gasteiger partial charge in [-0.25, -0.2) is 4.39 Å². The normalized spacial score (nSPS) is 24.8. The van der Waals surface area contributed by atoms with E-state index in [9.17, 15) is 4.39 Å². The molecule has 1 aromatic rings. The van der Waals surface area contributed by atoms with Crippen molar-refractivity contribution in [3.63, 3.8) is 0 Å². The lowest BCUT2D eigenvalue weighted by Crippen LogP contribution is -1.94. The molecule has 76 valence electrons. The third-order valence-electron chi connectivity index (χ3n) is 2.75. The van der Waals surface area contributed by atoms with Crippen molar-refractivity contribution in [2.24, 2.45) is 5.92 Å². The second kappa shape index (κ2) is 3.58. The summed E-state index contributed by atoms with van der Waals surface area (Å²) in [6.45, 7) is 0.200. The van der Waals surface area contributed by atoms with Crippen LogP contribution in [0.15, 0.2) is 18.2 Å². The van der Waals surface area contributed by atoms with E-state index in [1.807, 2.05) is 0 Å². The number of hydrogen-bond donors (Lipinski definition) is 1. The van der Waals surface area contributed by atoms with Gasteiger partial charge in [0, 0.05) is 12.7 Å². The first-order valence-corrected chi connectivity index (χ1v) is 4.70. The number of aliphatic hydroxyl groups excluding tert-OH is 1. The average molecular weight is 196 g/mol. The van der Waals surface area contributed by atoms with Gasteiger partial charge in [0.15, 0.2) is 0 Å². The van der Waals surface area contributed by atoms with Crippen molar-refractivity contribution < 1.29 is 14.2 Å². The first-order chi connectivity index (χ1) is 6.76. The highest BCUT2D eigenvalue weighted by Crippen LogP contribution is 2.49. The van der Waals surface area contributed by atoms with Crippen molar-refractivity contribution in [3.05, 3.63) is 29.6 Å². The predicted molar refractivity (Wildman–Crippen MR) is 50.9 cm³/mol. The highest BCUT2D eigenvalue weighted by Gasteiger charge is 2.39. The molecule has 2 atom stereocenters. The summed E-state index contributed by atoms with van der Waals surface area (Å²) >= 11 is 0. The maximum Gasteiger partial charge on any atom is 0.126 e. The van der Waals surface area contributed by atoms with E-state index in [-0.39, 0.29) is 12.4 Å². The van der Waals surface area contributed by atoms with Gasteiger partial charge in [-0.3, -0.25) is 0 Å². The summed E-state index contributed by atoms with van der Waals surface area (Å²) < 4.78 is 18.0. The summed E-state index contributed by atoms with van der Waals surface area (Å²) in [5.41, 5.74) is 1.01. The van der Waals surface area contributed by atoms with Crippen LogP contribution in [0, 0.1) is 11.7 Å². The number of halogens is 1. The van der Waals surface area contributed by atoms with Crippen molar-refractivity contribution in [1.29, 1.82) is 0 Å². The molecule has 1 N–H and O–H groups in total. The quantitative estimate of drug-likeness (QED) is 0.800. The van der Waals surface area contributed by atoms with Gasteiger partial charge >= 0.3 is 0 Å². The van der Waals surface area contributed by atoms with Crippen molar-refractivity contribution in [3.8, 4) is 5.75 Å². The Morgan fingerprint density at radius 3 is 2.93 bits per heavy atom. The maximum absolute atomic E-state index is 12.9. The van der Waals surface area contributed by atoms with Gasteiger partial charge in [-0.15, -0.1) is 0 Å². The highest BCUT2D eigenvalue weighted by atomic mass is 19.1. The molecular formula is C11H13FO2. The van der Waals surface area contributed by atoms with Crippen LogP contribution < -0.4 is 4.74 Å². The van der Waals surface area contributed by atoms with E-state index in [2.05, 4.69) is 0 Å². The minimum atomic E-state index is -0.285. The zero-order chi connectivity index (χ0) is 10.1. The minimum Gasteiger partial charge on any atom is -0.496 e. The molecule has 0 spiro atoms. The Bertz CT molecular complexity index is 338. The molecule has 1 aliphatic rings. The van der Waals surface area contributed by atoms with Crippen LogP contribution in [-0.4, -0.2) is 18.8 Å². The first kappa shape index (κ1) is 9.46. The third kappa shape index (κ3) is 1.60. The Balaban J connectivity index is 2.25. The second-order valence-electron chi connectivity index (χ2n) is 3.67. The van der Waals surface area contributed by atoms with Crippen LogP contribution in [0.1, 0.15) is 17.9 Å². The van der Waals surface area contributed by atoms with E-state index in [0.29, 0.717) is 17.6 Å². The molecule has 3 heteroatoms. The summed E-state index contributed by atoms with van der Waals surface area (Å²) in [5.74, 6) is 0.975. The van der Waals surface area contributed by atoms with Gasteiger partial charge < -0.3 is 9.84 Å². The van der Waals surface area contributed by atoms with Gasteiger partial charge in [0.25, 0.3) is 0 Å². The van der Waals surface area contributed by atoms with E-state index in [1.54, 1.807) is 6.07 Å². The van der Waals surface area contributed by atoms with E-state index in [0.717, 1.165) is 12.0 Å². The Kier molecular flexibility index (Phi) is 2.42. The van der Waals surface area contributed by atoms with Crippen LogP contribution in [0.2, 0.25) is 0 Å². The van der Waals surface area contributed by atoms with Crippen molar-refractivity contribution in [2.75, 3.05) is 13.7 Å². The monoisotopic (exact) mass is 196 g/mol. The molecule has 0 bridgehead atoms. The Morgan fingerprint density at radius 1 is 1.57 bits per heavy atom. The molecule has 2 nitrogen and oxygen atoms in total. The summed E-state index contributed by atoms with van der Waals surface area (Å²) in [4.78, 5) is 0. The van der Waals surface area contributed by atoms with Gasteiger partial charge in [0.05, 0.1) is 7.11 Å². The van der Waals surface area contributed by atoms with E-state index < -0.39 is 0 Å². The molecule has 1 aliphatic carbocycles. The number of benzene rings is 1. The van der Waals surface area contributed by atoms with E-state index in [4.69, 9.17) is 9.84 Å². The molecule has 0 unspecified atom stereocenters. The highest BCUT2D eigenvalue weighted by molar-refractivity contribution is 5.40. The lowest BCUT2D eigenvalue weighted by Gasteiger charge is -2.07. The lowest BCUT2D eigenvalue weighted by molar-refractivity contribution is 0.273. The number of rotatable bonds is 3. The summed E-state index contributed by atoms with van der Waals surface area (Å²) in [6.07, 6.45) is 0.971. The summed E-state index contributed by atoms with van der Waals surface area (Å²) in [7, 11) is 1.54. The zero-order valence-corrected chi connectivity index (χ0v) is 8.03. The first-order valence-electron chi connectivity index (χ1n) is 4.70. The average Bonchev–Trinajstić information content (AvgIpc) is 2.96. The lowest BCUT2D eigenvalue weighted by atomic mass is 10.1. The van der Waals surface area contributed by atoms with Crippen molar-refractivity contribution in [1.82, 2.24) is 0 Å². The smallest absolute Gasteiger partial charge is 0.126 e.